The van der Waals surface area contributed by atoms with E-state index in [1.807, 2.05) is 0 Å². The maximum absolute atomic E-state index is 13.6. The first kappa shape index (κ1) is 17.9. The van der Waals surface area contributed by atoms with Crippen molar-refractivity contribution in [2.45, 2.75) is 52.4 Å². The number of ether oxygens (including phenoxy) is 1. The molecule has 0 aliphatic carbocycles. The zero-order valence-electron chi connectivity index (χ0n) is 13.8. The molecule has 0 spiro atoms. The maximum Gasteiger partial charge on any atom is 0.220 e. The van der Waals surface area contributed by atoms with Gasteiger partial charge in [-0.05, 0) is 36.3 Å². The minimum absolute atomic E-state index is 0.00829. The average molecular weight is 323 g/mol. The van der Waals surface area contributed by atoms with E-state index in [0.29, 0.717) is 37.0 Å². The molecule has 1 aliphatic heterocycles. The van der Waals surface area contributed by atoms with Gasteiger partial charge in [0.1, 0.15) is 5.82 Å². The molecule has 0 bridgehead atoms. The Morgan fingerprint density at radius 3 is 2.91 bits per heavy atom. The normalized spacial score (nSPS) is 21.4. The smallest absolute Gasteiger partial charge is 0.220 e. The lowest BCUT2D eigenvalue weighted by Crippen LogP contribution is -2.33. The number of hydrogen-bond acceptors (Lipinski definition) is 3. The van der Waals surface area contributed by atoms with Crippen LogP contribution in [-0.2, 0) is 22.7 Å². The molecule has 1 saturated heterocycles. The lowest BCUT2D eigenvalue weighted by Gasteiger charge is -2.31. The Labute approximate surface area is 137 Å². The number of carbonyl (C=O) groups excluding carboxylic acids is 1. The van der Waals surface area contributed by atoms with E-state index in [1.165, 1.54) is 6.07 Å². The highest BCUT2D eigenvalue weighted by molar-refractivity contribution is 5.76. The molecule has 4 nitrogen and oxygen atoms in total. The monoisotopic (exact) mass is 323 g/mol. The Bertz CT molecular complexity index is 533. The zero-order chi connectivity index (χ0) is 16.8. The maximum atomic E-state index is 13.6. The van der Waals surface area contributed by atoms with Crippen molar-refractivity contribution in [1.29, 1.82) is 0 Å². The fraction of sp³-hybridized carbons (Fsp3) is 0.611. The minimum atomic E-state index is -0.441. The van der Waals surface area contributed by atoms with Gasteiger partial charge >= 0.3 is 0 Å². The number of carbonyl (C=O) groups is 1. The highest BCUT2D eigenvalue weighted by Crippen LogP contribution is 2.27. The Morgan fingerprint density at radius 1 is 1.48 bits per heavy atom. The number of amides is 1. The summed E-state index contributed by atoms with van der Waals surface area (Å²) in [5, 5.41) is 11.8. The second kappa shape index (κ2) is 8.41. The van der Waals surface area contributed by atoms with Crippen molar-refractivity contribution < 1.29 is 19.0 Å². The van der Waals surface area contributed by atoms with Crippen LogP contribution in [0, 0.1) is 17.7 Å². The molecule has 23 heavy (non-hydrogen) atoms. The second-order valence-corrected chi connectivity index (χ2v) is 6.61. The molecule has 2 unspecified atom stereocenters. The number of benzene rings is 1. The van der Waals surface area contributed by atoms with E-state index in [2.05, 4.69) is 19.2 Å². The van der Waals surface area contributed by atoms with Crippen molar-refractivity contribution in [2.75, 3.05) is 6.61 Å². The van der Waals surface area contributed by atoms with Gasteiger partial charge in [-0.25, -0.2) is 4.39 Å². The average Bonchev–Trinajstić information content (AvgIpc) is 2.53. The molecule has 0 aromatic heterocycles. The molecular weight excluding hydrogens is 297 g/mol. The summed E-state index contributed by atoms with van der Waals surface area (Å²) in [7, 11) is 0. The molecule has 2 atom stereocenters. The molecule has 1 fully saturated rings. The quantitative estimate of drug-likeness (QED) is 0.846. The van der Waals surface area contributed by atoms with Crippen LogP contribution in [0.1, 0.15) is 44.2 Å². The first-order valence-corrected chi connectivity index (χ1v) is 8.26. The van der Waals surface area contributed by atoms with E-state index >= 15 is 0 Å². The fourth-order valence-electron chi connectivity index (χ4n) is 2.91. The van der Waals surface area contributed by atoms with Crippen molar-refractivity contribution in [2.24, 2.45) is 11.8 Å². The zero-order valence-corrected chi connectivity index (χ0v) is 13.8. The Morgan fingerprint density at radius 2 is 2.26 bits per heavy atom. The molecule has 1 aromatic rings. The summed E-state index contributed by atoms with van der Waals surface area (Å²) < 4.78 is 19.3. The Hall–Kier alpha value is -1.46. The second-order valence-electron chi connectivity index (χ2n) is 6.61. The topological polar surface area (TPSA) is 58.6 Å². The molecule has 1 aromatic carbocycles. The third kappa shape index (κ3) is 5.29. The summed E-state index contributed by atoms with van der Waals surface area (Å²) in [5.74, 6) is 0.369. The van der Waals surface area contributed by atoms with Gasteiger partial charge in [-0.15, -0.1) is 0 Å². The fourth-order valence-corrected chi connectivity index (χ4v) is 2.91. The summed E-state index contributed by atoms with van der Waals surface area (Å²) in [6.07, 6.45) is 2.56. The molecule has 1 heterocycles. The number of hydrogen-bond donors (Lipinski definition) is 2. The summed E-state index contributed by atoms with van der Waals surface area (Å²) in [5.41, 5.74) is 0.960. The van der Waals surface area contributed by atoms with E-state index in [1.54, 1.807) is 12.1 Å². The van der Waals surface area contributed by atoms with Crippen LogP contribution in [0.5, 0.6) is 0 Å². The highest BCUT2D eigenvalue weighted by atomic mass is 19.1. The van der Waals surface area contributed by atoms with Gasteiger partial charge in [0.25, 0.3) is 0 Å². The lowest BCUT2D eigenvalue weighted by molar-refractivity contribution is -0.123. The van der Waals surface area contributed by atoms with Crippen molar-refractivity contribution in [3.63, 3.8) is 0 Å². The van der Waals surface area contributed by atoms with Crippen LogP contribution in [0.2, 0.25) is 0 Å². The van der Waals surface area contributed by atoms with Gasteiger partial charge < -0.3 is 15.2 Å². The van der Waals surface area contributed by atoms with Crippen LogP contribution >= 0.6 is 0 Å². The van der Waals surface area contributed by atoms with Gasteiger partial charge in [0.15, 0.2) is 0 Å². The largest absolute Gasteiger partial charge is 0.392 e. The van der Waals surface area contributed by atoms with Crippen LogP contribution in [-0.4, -0.2) is 23.7 Å². The van der Waals surface area contributed by atoms with E-state index < -0.39 is 5.82 Å². The van der Waals surface area contributed by atoms with Crippen molar-refractivity contribution >= 4 is 5.91 Å². The Kier molecular flexibility index (Phi) is 6.54. The van der Waals surface area contributed by atoms with Gasteiger partial charge in [-0.1, -0.05) is 26.0 Å². The number of aliphatic hydroxyl groups is 1. The van der Waals surface area contributed by atoms with Crippen LogP contribution in [0.3, 0.4) is 0 Å². The molecule has 0 saturated carbocycles. The third-order valence-corrected chi connectivity index (χ3v) is 4.42. The molecule has 0 radical (unpaired) electrons. The number of aliphatic hydroxyl groups excluding tert-OH is 1. The molecule has 2 N–H and O–H groups in total. The number of halogens is 1. The van der Waals surface area contributed by atoms with Crippen molar-refractivity contribution in [3.05, 3.63) is 35.1 Å². The summed E-state index contributed by atoms with van der Waals surface area (Å²) in [4.78, 5) is 12.1. The summed E-state index contributed by atoms with van der Waals surface area (Å²) in [6, 6.07) is 4.62. The number of rotatable bonds is 6. The molecule has 2 rings (SSSR count). The first-order valence-electron chi connectivity index (χ1n) is 8.26. The third-order valence-electron chi connectivity index (χ3n) is 4.42. The SMILES string of the molecule is CC(C)C1CC(CC(=O)NCc2ccc(CO)c(F)c2)CCO1. The van der Waals surface area contributed by atoms with Gasteiger partial charge in [-0.3, -0.25) is 4.79 Å². The Balaban J connectivity index is 1.80. The lowest BCUT2D eigenvalue weighted by atomic mass is 9.88. The van der Waals surface area contributed by atoms with Crippen LogP contribution in [0.4, 0.5) is 4.39 Å². The molecule has 5 heteroatoms. The summed E-state index contributed by atoms with van der Waals surface area (Å²) >= 11 is 0. The first-order chi connectivity index (χ1) is 11.0. The van der Waals surface area contributed by atoms with Gasteiger partial charge in [0, 0.05) is 25.1 Å². The molecule has 128 valence electrons. The van der Waals surface area contributed by atoms with Crippen LogP contribution in [0.15, 0.2) is 18.2 Å². The highest BCUT2D eigenvalue weighted by Gasteiger charge is 2.26. The predicted octanol–water partition coefficient (Wildman–Crippen LogP) is 2.78. The molecule has 1 aliphatic rings. The van der Waals surface area contributed by atoms with E-state index in [-0.39, 0.29) is 24.2 Å². The number of nitrogens with one attached hydrogen (secondary N) is 1. The van der Waals surface area contributed by atoms with Crippen molar-refractivity contribution in [1.82, 2.24) is 5.32 Å². The predicted molar refractivity (Wildman–Crippen MR) is 86.1 cm³/mol. The molecule has 1 amide bonds. The van der Waals surface area contributed by atoms with E-state index in [9.17, 15) is 9.18 Å². The van der Waals surface area contributed by atoms with E-state index in [4.69, 9.17) is 9.84 Å². The van der Waals surface area contributed by atoms with Gasteiger partial charge in [0.2, 0.25) is 5.91 Å². The molecular formula is C18H26FNO3. The van der Waals surface area contributed by atoms with Gasteiger partial charge in [0.05, 0.1) is 12.7 Å². The van der Waals surface area contributed by atoms with Crippen molar-refractivity contribution in [3.8, 4) is 0 Å². The van der Waals surface area contributed by atoms with Crippen LogP contribution in [0.25, 0.3) is 0 Å². The van der Waals surface area contributed by atoms with E-state index in [0.717, 1.165) is 12.8 Å². The van der Waals surface area contributed by atoms with Crippen LogP contribution < -0.4 is 5.32 Å². The summed E-state index contributed by atoms with van der Waals surface area (Å²) in [6.45, 7) is 4.97. The standard InChI is InChI=1S/C18H26FNO3/c1-12(2)17-8-13(5-6-23-17)9-18(22)20-10-14-3-4-15(11-21)16(19)7-14/h3-4,7,12-13,17,21H,5-6,8-11H2,1-2H3,(H,20,22). The van der Waals surface area contributed by atoms with Gasteiger partial charge in [-0.2, -0.15) is 0 Å². The minimum Gasteiger partial charge on any atom is -0.392 e.